The molecule has 94 valence electrons. The van der Waals surface area contributed by atoms with Crippen LogP contribution >= 0.6 is 11.6 Å². The summed E-state index contributed by atoms with van der Waals surface area (Å²) in [6.07, 6.45) is 2.59. The lowest BCUT2D eigenvalue weighted by Crippen LogP contribution is -2.18. The van der Waals surface area contributed by atoms with Crippen LogP contribution in [0.3, 0.4) is 0 Å². The molecule has 5 N–H and O–H groups in total. The summed E-state index contributed by atoms with van der Waals surface area (Å²) in [4.78, 5) is 11.8. The number of hydrogen-bond donors (Lipinski definition) is 4. The minimum absolute atomic E-state index is 0.0302. The van der Waals surface area contributed by atoms with Gasteiger partial charge in [-0.25, -0.2) is 0 Å². The van der Waals surface area contributed by atoms with E-state index in [4.69, 9.17) is 27.0 Å². The Balaban J connectivity index is 2.23. The van der Waals surface area contributed by atoms with Gasteiger partial charge in [-0.15, -0.1) is 0 Å². The minimum atomic E-state index is -0.509. The van der Waals surface area contributed by atoms with Crippen LogP contribution in [-0.2, 0) is 0 Å². The molecule has 0 unspecified atom stereocenters. The second kappa shape index (κ2) is 4.80. The van der Waals surface area contributed by atoms with Crippen molar-refractivity contribution < 1.29 is 14.4 Å². The van der Waals surface area contributed by atoms with Gasteiger partial charge in [0.15, 0.2) is 5.84 Å². The van der Waals surface area contributed by atoms with Gasteiger partial charge in [0.05, 0.1) is 23.6 Å². The number of aromatic amines is 1. The molecule has 0 atom stereocenters. The molecule has 8 nitrogen and oxygen atoms in total. The summed E-state index contributed by atoms with van der Waals surface area (Å²) >= 11 is 5.66. The van der Waals surface area contributed by atoms with Crippen molar-refractivity contribution in [2.45, 2.75) is 0 Å². The molecular formula is C9H8ClN5O3. The lowest BCUT2D eigenvalue weighted by atomic mass is 10.3. The molecule has 2 rings (SSSR count). The smallest absolute Gasteiger partial charge is 0.261 e. The highest BCUT2D eigenvalue weighted by atomic mass is 35.5. The van der Waals surface area contributed by atoms with E-state index in [1.807, 2.05) is 0 Å². The Hall–Kier alpha value is -2.48. The first-order chi connectivity index (χ1) is 8.63. The Morgan fingerprint density at radius 1 is 1.61 bits per heavy atom. The van der Waals surface area contributed by atoms with Crippen LogP contribution in [0.15, 0.2) is 28.1 Å². The Morgan fingerprint density at radius 3 is 3.00 bits per heavy atom. The highest BCUT2D eigenvalue weighted by Gasteiger charge is 2.17. The maximum atomic E-state index is 11.8. The molecule has 1 amide bonds. The third-order valence-corrected chi connectivity index (χ3v) is 2.42. The third-order valence-electron chi connectivity index (χ3n) is 2.12. The number of amides is 1. The van der Waals surface area contributed by atoms with E-state index in [2.05, 4.69) is 20.7 Å². The molecule has 0 aliphatic rings. The second-order valence-corrected chi connectivity index (χ2v) is 3.55. The predicted octanol–water partition coefficient (Wildman–Crippen LogP) is 1.00. The van der Waals surface area contributed by atoms with E-state index < -0.39 is 5.91 Å². The molecule has 0 aliphatic carbocycles. The van der Waals surface area contributed by atoms with Crippen LogP contribution < -0.4 is 11.1 Å². The molecule has 0 aliphatic heterocycles. The average Bonchev–Trinajstić information content (AvgIpc) is 2.97. The van der Waals surface area contributed by atoms with Crippen LogP contribution in [0, 0.1) is 0 Å². The molecule has 0 fully saturated rings. The fourth-order valence-corrected chi connectivity index (χ4v) is 1.47. The fourth-order valence-electron chi connectivity index (χ4n) is 1.27. The quantitative estimate of drug-likeness (QED) is 0.286. The largest absolute Gasteiger partial charge is 0.452 e. The van der Waals surface area contributed by atoms with E-state index in [-0.39, 0.29) is 28.0 Å². The van der Waals surface area contributed by atoms with E-state index in [0.29, 0.717) is 0 Å². The van der Waals surface area contributed by atoms with Gasteiger partial charge in [0, 0.05) is 0 Å². The summed E-state index contributed by atoms with van der Waals surface area (Å²) in [5.74, 6) is -0.505. The van der Waals surface area contributed by atoms with E-state index >= 15 is 0 Å². The van der Waals surface area contributed by atoms with Crippen molar-refractivity contribution in [2.24, 2.45) is 10.9 Å². The van der Waals surface area contributed by atoms with E-state index in [0.717, 1.165) is 0 Å². The van der Waals surface area contributed by atoms with E-state index in [9.17, 15) is 4.79 Å². The summed E-state index contributed by atoms with van der Waals surface area (Å²) < 4.78 is 4.79. The number of anilines is 1. The molecule has 0 saturated carbocycles. The summed E-state index contributed by atoms with van der Waals surface area (Å²) in [6.45, 7) is 0. The van der Waals surface area contributed by atoms with E-state index in [1.54, 1.807) is 0 Å². The minimum Gasteiger partial charge on any atom is -0.452 e. The summed E-state index contributed by atoms with van der Waals surface area (Å²) in [5.41, 5.74) is 5.83. The number of carbonyl (C=O) groups is 1. The SMILES string of the molecule is N/C(=N/O)c1cn[nH]c1NC(=O)c1ccoc1Cl. The number of nitrogens with zero attached hydrogens (tertiary/aromatic N) is 2. The topological polar surface area (TPSA) is 130 Å². The van der Waals surface area contributed by atoms with Crippen molar-refractivity contribution >= 4 is 29.2 Å². The molecule has 18 heavy (non-hydrogen) atoms. The molecule has 0 saturated heterocycles. The van der Waals surface area contributed by atoms with Gasteiger partial charge in [-0.2, -0.15) is 5.10 Å². The van der Waals surface area contributed by atoms with Gasteiger partial charge in [-0.1, -0.05) is 5.16 Å². The second-order valence-electron chi connectivity index (χ2n) is 3.21. The summed E-state index contributed by atoms with van der Waals surface area (Å²) in [7, 11) is 0. The van der Waals surface area contributed by atoms with Gasteiger partial charge in [-0.05, 0) is 17.7 Å². The number of nitrogens with one attached hydrogen (secondary N) is 2. The highest BCUT2D eigenvalue weighted by molar-refractivity contribution is 6.32. The summed E-state index contributed by atoms with van der Waals surface area (Å²) in [5, 5.41) is 20.0. The third kappa shape index (κ3) is 2.13. The number of hydrogen-bond acceptors (Lipinski definition) is 5. The fraction of sp³-hybridized carbons (Fsp3) is 0. The Kier molecular flexibility index (Phi) is 3.20. The molecule has 9 heteroatoms. The number of oxime groups is 1. The number of nitrogens with two attached hydrogens (primary N) is 1. The molecule has 0 bridgehead atoms. The van der Waals surface area contributed by atoms with Crippen LogP contribution in [0.2, 0.25) is 5.22 Å². The average molecular weight is 270 g/mol. The molecule has 0 spiro atoms. The van der Waals surface area contributed by atoms with Gasteiger partial charge < -0.3 is 20.7 Å². The van der Waals surface area contributed by atoms with Crippen molar-refractivity contribution in [1.82, 2.24) is 10.2 Å². The Labute approximate surface area is 105 Å². The molecule has 2 aromatic rings. The lowest BCUT2D eigenvalue weighted by Gasteiger charge is -2.03. The van der Waals surface area contributed by atoms with Crippen molar-refractivity contribution in [3.8, 4) is 0 Å². The number of rotatable bonds is 3. The molecular weight excluding hydrogens is 262 g/mol. The predicted molar refractivity (Wildman–Crippen MR) is 62.8 cm³/mol. The summed E-state index contributed by atoms with van der Waals surface area (Å²) in [6, 6.07) is 1.41. The van der Waals surface area contributed by atoms with Crippen LogP contribution in [0.25, 0.3) is 0 Å². The lowest BCUT2D eigenvalue weighted by molar-refractivity contribution is 0.102. The number of amidine groups is 1. The zero-order chi connectivity index (χ0) is 13.1. The number of H-pyrrole nitrogens is 1. The van der Waals surface area contributed by atoms with Crippen LogP contribution in [0.1, 0.15) is 15.9 Å². The Morgan fingerprint density at radius 2 is 2.39 bits per heavy atom. The van der Waals surface area contributed by atoms with Gasteiger partial charge >= 0.3 is 0 Å². The van der Waals surface area contributed by atoms with Gasteiger partial charge in [0.1, 0.15) is 5.82 Å². The highest BCUT2D eigenvalue weighted by Crippen LogP contribution is 2.19. The van der Waals surface area contributed by atoms with Gasteiger partial charge in [-0.3, -0.25) is 9.89 Å². The number of halogens is 1. The standard InChI is InChI=1S/C9H8ClN5O3/c10-6-4(1-2-18-6)9(16)13-8-5(3-12-14-8)7(11)15-17/h1-3,17H,(H2,11,15)(H2,12,13,14,16). The Bertz CT molecular complexity index is 603. The first-order valence-corrected chi connectivity index (χ1v) is 5.07. The van der Waals surface area contributed by atoms with Crippen LogP contribution in [-0.4, -0.2) is 27.1 Å². The molecule has 2 heterocycles. The molecule has 0 radical (unpaired) electrons. The normalized spacial score (nSPS) is 11.5. The van der Waals surface area contributed by atoms with Crippen LogP contribution in [0.5, 0.6) is 0 Å². The van der Waals surface area contributed by atoms with Crippen molar-refractivity contribution in [1.29, 1.82) is 0 Å². The monoisotopic (exact) mass is 269 g/mol. The first kappa shape index (κ1) is 12.0. The zero-order valence-electron chi connectivity index (χ0n) is 8.85. The maximum absolute atomic E-state index is 11.8. The van der Waals surface area contributed by atoms with Crippen molar-refractivity contribution in [2.75, 3.05) is 5.32 Å². The van der Waals surface area contributed by atoms with Gasteiger partial charge in [0.2, 0.25) is 5.22 Å². The van der Waals surface area contributed by atoms with Crippen molar-refractivity contribution in [3.05, 3.63) is 34.9 Å². The van der Waals surface area contributed by atoms with Gasteiger partial charge in [0.25, 0.3) is 5.91 Å². The van der Waals surface area contributed by atoms with Crippen LogP contribution in [0.4, 0.5) is 5.82 Å². The molecule has 0 aromatic carbocycles. The number of carbonyl (C=O) groups excluding carboxylic acids is 1. The number of furan rings is 1. The maximum Gasteiger partial charge on any atom is 0.261 e. The zero-order valence-corrected chi connectivity index (χ0v) is 9.60. The van der Waals surface area contributed by atoms with E-state index in [1.165, 1.54) is 18.5 Å². The van der Waals surface area contributed by atoms with Crippen molar-refractivity contribution in [3.63, 3.8) is 0 Å². The number of aromatic nitrogens is 2. The first-order valence-electron chi connectivity index (χ1n) is 4.69. The molecule has 2 aromatic heterocycles.